The number of carbonyl (C=O) groups is 1. The van der Waals surface area contributed by atoms with Gasteiger partial charge in [-0.2, -0.15) is 0 Å². The largest absolute Gasteiger partial charge is 0.509 e. The second-order valence-corrected chi connectivity index (χ2v) is 3.68. The van der Waals surface area contributed by atoms with E-state index in [9.17, 15) is 4.79 Å². The molecule has 0 aliphatic carbocycles. The first kappa shape index (κ1) is 10.1. The molecule has 78 valence electrons. The zero-order chi connectivity index (χ0) is 10.9. The maximum Gasteiger partial charge on any atom is 0.509 e. The minimum absolute atomic E-state index is 0.135. The molecule has 1 aromatic carbocycles. The van der Waals surface area contributed by atoms with Gasteiger partial charge in [-0.1, -0.05) is 30.3 Å². The quantitative estimate of drug-likeness (QED) is 0.572. The van der Waals surface area contributed by atoms with Crippen molar-refractivity contribution in [3.63, 3.8) is 0 Å². The molecule has 0 N–H and O–H groups in total. The molecular weight excluding hydrogens is 216 g/mol. The molecule has 1 heterocycles. The van der Waals surface area contributed by atoms with Crippen molar-refractivity contribution in [3.8, 4) is 0 Å². The topological polar surface area (TPSA) is 35.5 Å². The third-order valence-corrected chi connectivity index (χ3v) is 2.55. The Morgan fingerprint density at radius 2 is 2.33 bits per heavy atom. The summed E-state index contributed by atoms with van der Waals surface area (Å²) in [6.45, 7) is 3.79. The molecule has 0 radical (unpaired) electrons. The highest BCUT2D eigenvalue weighted by Gasteiger charge is 2.41. The van der Waals surface area contributed by atoms with Gasteiger partial charge in [-0.3, -0.25) is 0 Å². The lowest BCUT2D eigenvalue weighted by atomic mass is 9.95. The van der Waals surface area contributed by atoms with E-state index in [4.69, 9.17) is 21.1 Å². The molecule has 0 aromatic heterocycles. The van der Waals surface area contributed by atoms with E-state index in [0.717, 1.165) is 5.56 Å². The van der Waals surface area contributed by atoms with Crippen molar-refractivity contribution in [3.05, 3.63) is 47.5 Å². The second kappa shape index (κ2) is 3.59. The van der Waals surface area contributed by atoms with Crippen molar-refractivity contribution < 1.29 is 14.3 Å². The fourth-order valence-electron chi connectivity index (χ4n) is 1.49. The van der Waals surface area contributed by atoms with Crippen molar-refractivity contribution in [1.82, 2.24) is 0 Å². The predicted molar refractivity (Wildman–Crippen MR) is 55.8 cm³/mol. The molecule has 0 bridgehead atoms. The van der Waals surface area contributed by atoms with E-state index in [1.807, 2.05) is 6.07 Å². The molecule has 1 aliphatic rings. The highest BCUT2D eigenvalue weighted by molar-refractivity contribution is 6.30. The predicted octanol–water partition coefficient (Wildman–Crippen LogP) is 2.89. The first-order chi connectivity index (χ1) is 7.16. The molecular formula is C11H9ClO3. The van der Waals surface area contributed by atoms with Gasteiger partial charge in [-0.15, -0.1) is 0 Å². The molecule has 4 heteroatoms. The number of hydrogen-bond acceptors (Lipinski definition) is 3. The summed E-state index contributed by atoms with van der Waals surface area (Å²) >= 11 is 5.86. The van der Waals surface area contributed by atoms with Crippen LogP contribution in [-0.4, -0.2) is 12.8 Å². The molecule has 0 saturated carbocycles. The molecule has 15 heavy (non-hydrogen) atoms. The van der Waals surface area contributed by atoms with Gasteiger partial charge >= 0.3 is 6.16 Å². The molecule has 1 fully saturated rings. The van der Waals surface area contributed by atoms with Crippen LogP contribution in [0.4, 0.5) is 4.79 Å². The second-order valence-electron chi connectivity index (χ2n) is 3.24. The van der Waals surface area contributed by atoms with Crippen LogP contribution in [0.15, 0.2) is 36.9 Å². The standard InChI is InChI=1S/C11H9ClO3/c1-2-11(7-14-10(13)15-11)8-4-3-5-9(12)6-8/h2-6H,1,7H2. The van der Waals surface area contributed by atoms with E-state index in [0.29, 0.717) is 5.02 Å². The number of halogens is 1. The van der Waals surface area contributed by atoms with E-state index >= 15 is 0 Å². The summed E-state index contributed by atoms with van der Waals surface area (Å²) in [5, 5.41) is 0.580. The first-order valence-electron chi connectivity index (χ1n) is 4.42. The molecule has 1 unspecified atom stereocenters. The number of ether oxygens (including phenoxy) is 2. The van der Waals surface area contributed by atoms with Gasteiger partial charge in [-0.05, 0) is 18.2 Å². The minimum Gasteiger partial charge on any atom is -0.429 e. The van der Waals surface area contributed by atoms with Crippen molar-refractivity contribution in [2.24, 2.45) is 0 Å². The van der Waals surface area contributed by atoms with Gasteiger partial charge in [-0.25, -0.2) is 4.79 Å². The fraction of sp³-hybridized carbons (Fsp3) is 0.182. The van der Waals surface area contributed by atoms with Gasteiger partial charge in [0.25, 0.3) is 0 Å². The van der Waals surface area contributed by atoms with Crippen LogP contribution in [-0.2, 0) is 15.1 Å². The Bertz CT molecular complexity index is 416. The summed E-state index contributed by atoms with van der Waals surface area (Å²) in [4.78, 5) is 11.0. The summed E-state index contributed by atoms with van der Waals surface area (Å²) in [5.74, 6) is 0. The van der Waals surface area contributed by atoms with Crippen LogP contribution in [0.3, 0.4) is 0 Å². The smallest absolute Gasteiger partial charge is 0.429 e. The van der Waals surface area contributed by atoms with Gasteiger partial charge in [0.05, 0.1) is 0 Å². The van der Waals surface area contributed by atoms with Gasteiger partial charge in [0.2, 0.25) is 0 Å². The SMILES string of the molecule is C=CC1(c2cccc(Cl)c2)COC(=O)O1. The minimum atomic E-state index is -0.901. The number of carbonyl (C=O) groups excluding carboxylic acids is 1. The zero-order valence-corrected chi connectivity index (χ0v) is 8.66. The summed E-state index contributed by atoms with van der Waals surface area (Å²) in [6.07, 6.45) is 0.860. The zero-order valence-electron chi connectivity index (χ0n) is 7.90. The number of cyclic esters (lactones) is 2. The summed E-state index contributed by atoms with van der Waals surface area (Å²) in [5.41, 5.74) is -0.141. The summed E-state index contributed by atoms with van der Waals surface area (Å²) < 4.78 is 9.88. The Kier molecular flexibility index (Phi) is 2.40. The lowest BCUT2D eigenvalue weighted by Crippen LogP contribution is -2.25. The van der Waals surface area contributed by atoms with Gasteiger partial charge in [0.1, 0.15) is 6.61 Å². The summed E-state index contributed by atoms with van der Waals surface area (Å²) in [7, 11) is 0. The molecule has 1 saturated heterocycles. The maximum atomic E-state index is 11.0. The number of benzene rings is 1. The third kappa shape index (κ3) is 1.70. The van der Waals surface area contributed by atoms with Crippen LogP contribution in [0.2, 0.25) is 5.02 Å². The number of rotatable bonds is 2. The van der Waals surface area contributed by atoms with Crippen molar-refractivity contribution >= 4 is 17.8 Å². The fourth-order valence-corrected chi connectivity index (χ4v) is 1.68. The van der Waals surface area contributed by atoms with E-state index in [1.165, 1.54) is 0 Å². The molecule has 2 rings (SSSR count). The highest BCUT2D eigenvalue weighted by atomic mass is 35.5. The highest BCUT2D eigenvalue weighted by Crippen LogP contribution is 2.33. The molecule has 3 nitrogen and oxygen atoms in total. The Morgan fingerprint density at radius 1 is 1.53 bits per heavy atom. The normalized spacial score (nSPS) is 24.5. The Balaban J connectivity index is 2.43. The Labute approximate surface area is 92.3 Å². The average molecular weight is 225 g/mol. The lowest BCUT2D eigenvalue weighted by molar-refractivity contribution is 0.0888. The molecule has 1 aliphatic heterocycles. The Morgan fingerprint density at radius 3 is 2.87 bits per heavy atom. The van der Waals surface area contributed by atoms with Gasteiger partial charge in [0, 0.05) is 10.6 Å². The molecule has 1 atom stereocenters. The van der Waals surface area contributed by atoms with Crippen LogP contribution in [0.5, 0.6) is 0 Å². The third-order valence-electron chi connectivity index (χ3n) is 2.31. The number of hydrogen-bond donors (Lipinski definition) is 0. The lowest BCUT2D eigenvalue weighted by Gasteiger charge is -2.20. The molecule has 1 aromatic rings. The first-order valence-corrected chi connectivity index (χ1v) is 4.79. The van der Waals surface area contributed by atoms with E-state index in [1.54, 1.807) is 24.3 Å². The van der Waals surface area contributed by atoms with Crippen molar-refractivity contribution in [2.75, 3.05) is 6.61 Å². The monoisotopic (exact) mass is 224 g/mol. The van der Waals surface area contributed by atoms with Crippen LogP contribution >= 0.6 is 11.6 Å². The van der Waals surface area contributed by atoms with Crippen LogP contribution in [0.1, 0.15) is 5.56 Å². The Hall–Kier alpha value is -1.48. The van der Waals surface area contributed by atoms with Crippen LogP contribution in [0.25, 0.3) is 0 Å². The van der Waals surface area contributed by atoms with E-state index in [2.05, 4.69) is 6.58 Å². The van der Waals surface area contributed by atoms with E-state index in [-0.39, 0.29) is 6.61 Å². The summed E-state index contributed by atoms with van der Waals surface area (Å²) in [6, 6.07) is 7.08. The van der Waals surface area contributed by atoms with Crippen molar-refractivity contribution in [1.29, 1.82) is 0 Å². The van der Waals surface area contributed by atoms with Gasteiger partial charge < -0.3 is 9.47 Å². The average Bonchev–Trinajstić information content (AvgIpc) is 2.61. The van der Waals surface area contributed by atoms with Crippen molar-refractivity contribution in [2.45, 2.75) is 5.60 Å². The van der Waals surface area contributed by atoms with Gasteiger partial charge in [0.15, 0.2) is 5.60 Å². The van der Waals surface area contributed by atoms with Crippen LogP contribution < -0.4 is 0 Å². The van der Waals surface area contributed by atoms with E-state index < -0.39 is 11.8 Å². The van der Waals surface area contributed by atoms with Crippen LogP contribution in [0, 0.1) is 0 Å². The molecule has 0 amide bonds. The maximum absolute atomic E-state index is 11.0. The molecule has 0 spiro atoms.